The fraction of sp³-hybridized carbons (Fsp3) is 0.522. The number of likely N-dealkylation sites (tertiary alicyclic amines) is 1. The van der Waals surface area contributed by atoms with Gasteiger partial charge in [0.15, 0.2) is 0 Å². The highest BCUT2D eigenvalue weighted by Gasteiger charge is 2.35. The number of piperidine rings is 1. The van der Waals surface area contributed by atoms with Crippen LogP contribution in [0.25, 0.3) is 0 Å². The van der Waals surface area contributed by atoms with E-state index in [0.717, 1.165) is 12.8 Å². The van der Waals surface area contributed by atoms with Crippen molar-refractivity contribution < 1.29 is 23.9 Å². The molecular weight excluding hydrogens is 448 g/mol. The predicted octanol–water partition coefficient (Wildman–Crippen LogP) is 3.11. The first kappa shape index (κ1) is 24.9. The van der Waals surface area contributed by atoms with Crippen LogP contribution in [-0.2, 0) is 14.3 Å². The van der Waals surface area contributed by atoms with Crippen molar-refractivity contribution in [1.82, 2.24) is 20.9 Å². The van der Waals surface area contributed by atoms with Crippen molar-refractivity contribution >= 4 is 29.7 Å². The van der Waals surface area contributed by atoms with Gasteiger partial charge in [0.25, 0.3) is 0 Å². The number of benzene rings is 1. The van der Waals surface area contributed by atoms with Crippen LogP contribution in [0.1, 0.15) is 45.2 Å². The number of rotatable bonds is 5. The lowest BCUT2D eigenvalue weighted by molar-refractivity contribution is -0.136. The number of methoxy groups -OCH3 is 1. The summed E-state index contributed by atoms with van der Waals surface area (Å²) in [6.45, 7) is 7.19. The third-order valence-electron chi connectivity index (χ3n) is 5.47. The van der Waals surface area contributed by atoms with E-state index in [1.165, 1.54) is 7.11 Å². The van der Waals surface area contributed by atoms with Crippen LogP contribution in [0, 0.1) is 0 Å². The van der Waals surface area contributed by atoms with E-state index in [-0.39, 0.29) is 6.04 Å². The Morgan fingerprint density at radius 1 is 1.21 bits per heavy atom. The molecule has 2 aliphatic heterocycles. The summed E-state index contributed by atoms with van der Waals surface area (Å²) in [4.78, 5) is 39.3. The van der Waals surface area contributed by atoms with E-state index >= 15 is 0 Å². The van der Waals surface area contributed by atoms with E-state index in [0.29, 0.717) is 41.5 Å². The van der Waals surface area contributed by atoms with Crippen molar-refractivity contribution in [3.8, 4) is 0 Å². The Bertz CT molecular complexity index is 935. The molecule has 0 aliphatic carbocycles. The SMILES string of the molecule is COC(=O)C1=C(CN2CCC(NC(=O)OC(C)(C)C)CC2)NC(=O)N[C@@H]1c1ccccc1Cl. The number of halogens is 1. The summed E-state index contributed by atoms with van der Waals surface area (Å²) >= 11 is 6.35. The molecule has 0 unspecified atom stereocenters. The molecule has 1 aromatic carbocycles. The fourth-order valence-corrected chi connectivity index (χ4v) is 4.21. The van der Waals surface area contributed by atoms with Gasteiger partial charge in [-0.25, -0.2) is 14.4 Å². The molecule has 1 aromatic rings. The molecule has 0 radical (unpaired) electrons. The second kappa shape index (κ2) is 10.4. The Hall–Kier alpha value is -2.78. The molecule has 1 saturated heterocycles. The summed E-state index contributed by atoms with van der Waals surface area (Å²) in [6.07, 6.45) is 1.02. The number of esters is 1. The van der Waals surface area contributed by atoms with Crippen molar-refractivity contribution in [3.05, 3.63) is 46.1 Å². The van der Waals surface area contributed by atoms with E-state index in [2.05, 4.69) is 20.9 Å². The Balaban J connectivity index is 1.73. The van der Waals surface area contributed by atoms with Crippen molar-refractivity contribution in [3.63, 3.8) is 0 Å². The maximum absolute atomic E-state index is 12.7. The Morgan fingerprint density at radius 3 is 2.48 bits per heavy atom. The van der Waals surface area contributed by atoms with Crippen LogP contribution < -0.4 is 16.0 Å². The van der Waals surface area contributed by atoms with Gasteiger partial charge in [-0.3, -0.25) is 4.90 Å². The number of amides is 3. The first-order chi connectivity index (χ1) is 15.6. The van der Waals surface area contributed by atoms with Gasteiger partial charge in [0, 0.05) is 36.4 Å². The van der Waals surface area contributed by atoms with Gasteiger partial charge in [-0.2, -0.15) is 0 Å². The van der Waals surface area contributed by atoms with E-state index in [4.69, 9.17) is 21.1 Å². The highest BCUT2D eigenvalue weighted by Crippen LogP contribution is 2.32. The Morgan fingerprint density at radius 2 is 1.88 bits per heavy atom. The molecule has 33 heavy (non-hydrogen) atoms. The van der Waals surface area contributed by atoms with E-state index in [1.54, 1.807) is 24.3 Å². The molecule has 2 heterocycles. The van der Waals surface area contributed by atoms with Gasteiger partial charge in [0.2, 0.25) is 0 Å². The van der Waals surface area contributed by atoms with Crippen LogP contribution in [-0.4, -0.2) is 61.4 Å². The zero-order valence-corrected chi connectivity index (χ0v) is 20.1. The molecular formula is C23H31ClN4O5. The monoisotopic (exact) mass is 478 g/mol. The van der Waals surface area contributed by atoms with Crippen LogP contribution in [0.2, 0.25) is 5.02 Å². The van der Waals surface area contributed by atoms with E-state index < -0.39 is 29.7 Å². The molecule has 10 heteroatoms. The average molecular weight is 479 g/mol. The molecule has 9 nitrogen and oxygen atoms in total. The minimum absolute atomic E-state index is 0.00337. The third-order valence-corrected chi connectivity index (χ3v) is 5.81. The van der Waals surface area contributed by atoms with Gasteiger partial charge in [0.1, 0.15) is 5.60 Å². The molecule has 3 N–H and O–H groups in total. The van der Waals surface area contributed by atoms with Gasteiger partial charge in [-0.05, 0) is 45.2 Å². The molecule has 3 rings (SSSR count). The van der Waals surface area contributed by atoms with Crippen molar-refractivity contribution in [2.24, 2.45) is 0 Å². The van der Waals surface area contributed by atoms with Gasteiger partial charge >= 0.3 is 18.1 Å². The van der Waals surface area contributed by atoms with Gasteiger partial charge in [0.05, 0.1) is 18.7 Å². The minimum atomic E-state index is -0.721. The van der Waals surface area contributed by atoms with Gasteiger partial charge in [-0.1, -0.05) is 29.8 Å². The van der Waals surface area contributed by atoms with Crippen LogP contribution >= 0.6 is 11.6 Å². The minimum Gasteiger partial charge on any atom is -0.466 e. The Labute approximate surface area is 198 Å². The number of hydrogen-bond acceptors (Lipinski definition) is 6. The normalized spacial score (nSPS) is 20.0. The zero-order chi connectivity index (χ0) is 24.2. The summed E-state index contributed by atoms with van der Waals surface area (Å²) in [6, 6.07) is 5.93. The second-order valence-corrected chi connectivity index (χ2v) is 9.54. The average Bonchev–Trinajstić information content (AvgIpc) is 2.73. The lowest BCUT2D eigenvalue weighted by Crippen LogP contribution is -2.50. The van der Waals surface area contributed by atoms with Gasteiger partial charge in [-0.15, -0.1) is 0 Å². The fourth-order valence-electron chi connectivity index (χ4n) is 3.97. The van der Waals surface area contributed by atoms with Crippen molar-refractivity contribution in [2.75, 3.05) is 26.7 Å². The molecule has 1 fully saturated rings. The molecule has 0 aromatic heterocycles. The first-order valence-electron chi connectivity index (χ1n) is 10.9. The standard InChI is InChI=1S/C23H31ClN4O5/c1-23(2,3)33-22(31)25-14-9-11-28(12-10-14)13-17-18(20(29)32-4)19(27-21(30)26-17)15-7-5-6-8-16(15)24/h5-8,14,19H,9-13H2,1-4H3,(H,25,31)(H2,26,27,30)/t19-/m1/s1. The molecule has 0 spiro atoms. The number of urea groups is 1. The number of hydrogen-bond donors (Lipinski definition) is 3. The zero-order valence-electron chi connectivity index (χ0n) is 19.4. The topological polar surface area (TPSA) is 109 Å². The van der Waals surface area contributed by atoms with Crippen LogP contribution in [0.4, 0.5) is 9.59 Å². The number of carbonyl (C=O) groups excluding carboxylic acids is 3. The maximum Gasteiger partial charge on any atom is 0.407 e. The quantitative estimate of drug-likeness (QED) is 0.561. The first-order valence-corrected chi connectivity index (χ1v) is 11.3. The smallest absolute Gasteiger partial charge is 0.407 e. The summed E-state index contributed by atoms with van der Waals surface area (Å²) in [5.74, 6) is -0.538. The van der Waals surface area contributed by atoms with E-state index in [9.17, 15) is 14.4 Å². The number of alkyl carbamates (subject to hydrolysis) is 1. The van der Waals surface area contributed by atoms with Crippen LogP contribution in [0.3, 0.4) is 0 Å². The summed E-state index contributed by atoms with van der Waals surface area (Å²) in [7, 11) is 1.31. The highest BCUT2D eigenvalue weighted by molar-refractivity contribution is 6.31. The largest absolute Gasteiger partial charge is 0.466 e. The maximum atomic E-state index is 12.7. The van der Waals surface area contributed by atoms with Crippen molar-refractivity contribution in [2.45, 2.75) is 51.3 Å². The summed E-state index contributed by atoms with van der Waals surface area (Å²) < 4.78 is 10.4. The number of nitrogens with one attached hydrogen (secondary N) is 3. The van der Waals surface area contributed by atoms with Gasteiger partial charge < -0.3 is 25.4 Å². The predicted molar refractivity (Wildman–Crippen MR) is 124 cm³/mol. The van der Waals surface area contributed by atoms with E-state index in [1.807, 2.05) is 20.8 Å². The molecule has 2 aliphatic rings. The number of ether oxygens (including phenoxy) is 2. The lowest BCUT2D eigenvalue weighted by Gasteiger charge is -2.35. The molecule has 0 bridgehead atoms. The second-order valence-electron chi connectivity index (χ2n) is 9.13. The number of carbonyl (C=O) groups is 3. The molecule has 1 atom stereocenters. The van der Waals surface area contributed by atoms with Crippen LogP contribution in [0.5, 0.6) is 0 Å². The molecule has 180 valence electrons. The lowest BCUT2D eigenvalue weighted by atomic mass is 9.94. The van der Waals surface area contributed by atoms with Crippen molar-refractivity contribution in [1.29, 1.82) is 0 Å². The van der Waals surface area contributed by atoms with Crippen LogP contribution in [0.15, 0.2) is 35.5 Å². The Kier molecular flexibility index (Phi) is 7.86. The molecule has 0 saturated carbocycles. The summed E-state index contributed by atoms with van der Waals surface area (Å²) in [5.41, 5.74) is 0.868. The highest BCUT2D eigenvalue weighted by atomic mass is 35.5. The molecule has 3 amide bonds. The third kappa shape index (κ3) is 6.61. The number of nitrogens with zero attached hydrogens (tertiary/aromatic N) is 1. The summed E-state index contributed by atoms with van der Waals surface area (Å²) in [5, 5.41) is 8.90.